The SMILES string of the molecule is CC(=O)NCc1ccc(C(=O)NC2(CC(=O)O)CCC2)cc1. The van der Waals surface area contributed by atoms with Crippen LogP contribution in [-0.2, 0) is 16.1 Å². The Kier molecular flexibility index (Phi) is 4.80. The molecule has 0 spiro atoms. The summed E-state index contributed by atoms with van der Waals surface area (Å²) in [5.41, 5.74) is 0.788. The van der Waals surface area contributed by atoms with Crippen molar-refractivity contribution in [1.82, 2.24) is 10.6 Å². The number of amides is 2. The molecule has 0 atom stereocenters. The molecule has 0 heterocycles. The molecule has 1 aliphatic carbocycles. The second-order valence-corrected chi connectivity index (χ2v) is 5.77. The minimum atomic E-state index is -0.898. The third-order valence-electron chi connectivity index (χ3n) is 3.94. The van der Waals surface area contributed by atoms with E-state index in [2.05, 4.69) is 10.6 Å². The van der Waals surface area contributed by atoms with E-state index in [1.165, 1.54) is 6.92 Å². The maximum atomic E-state index is 12.2. The largest absolute Gasteiger partial charge is 0.481 e. The molecule has 118 valence electrons. The van der Waals surface area contributed by atoms with Crippen molar-refractivity contribution in [1.29, 1.82) is 0 Å². The van der Waals surface area contributed by atoms with Crippen LogP contribution in [-0.4, -0.2) is 28.4 Å². The molecule has 0 bridgehead atoms. The van der Waals surface area contributed by atoms with Gasteiger partial charge in [-0.05, 0) is 37.0 Å². The van der Waals surface area contributed by atoms with Crippen LogP contribution in [0, 0.1) is 0 Å². The standard InChI is InChI=1S/C16H20N2O4/c1-11(19)17-10-12-3-5-13(6-4-12)15(22)18-16(7-2-8-16)9-14(20)21/h3-6H,2,7-10H2,1H3,(H,17,19)(H,18,22)(H,20,21). The summed E-state index contributed by atoms with van der Waals surface area (Å²) in [5, 5.41) is 14.5. The van der Waals surface area contributed by atoms with Crippen LogP contribution in [0.15, 0.2) is 24.3 Å². The van der Waals surface area contributed by atoms with Gasteiger partial charge in [-0.1, -0.05) is 12.1 Å². The van der Waals surface area contributed by atoms with Crippen molar-refractivity contribution in [2.24, 2.45) is 0 Å². The lowest BCUT2D eigenvalue weighted by molar-refractivity contribution is -0.139. The minimum Gasteiger partial charge on any atom is -0.481 e. The average molecular weight is 304 g/mol. The van der Waals surface area contributed by atoms with E-state index in [0.29, 0.717) is 24.9 Å². The van der Waals surface area contributed by atoms with E-state index in [-0.39, 0.29) is 18.2 Å². The van der Waals surface area contributed by atoms with Crippen LogP contribution in [0.4, 0.5) is 0 Å². The number of benzene rings is 1. The van der Waals surface area contributed by atoms with Crippen LogP contribution in [0.5, 0.6) is 0 Å². The maximum absolute atomic E-state index is 12.2. The molecule has 0 saturated heterocycles. The third kappa shape index (κ3) is 4.07. The highest BCUT2D eigenvalue weighted by Crippen LogP contribution is 2.35. The highest BCUT2D eigenvalue weighted by Gasteiger charge is 2.40. The van der Waals surface area contributed by atoms with Gasteiger partial charge in [0.05, 0.1) is 12.0 Å². The second-order valence-electron chi connectivity index (χ2n) is 5.77. The Morgan fingerprint density at radius 3 is 2.27 bits per heavy atom. The van der Waals surface area contributed by atoms with Gasteiger partial charge < -0.3 is 15.7 Å². The monoisotopic (exact) mass is 304 g/mol. The van der Waals surface area contributed by atoms with Gasteiger partial charge >= 0.3 is 5.97 Å². The topological polar surface area (TPSA) is 95.5 Å². The lowest BCUT2D eigenvalue weighted by Gasteiger charge is -2.41. The van der Waals surface area contributed by atoms with Gasteiger partial charge in [-0.3, -0.25) is 14.4 Å². The highest BCUT2D eigenvalue weighted by molar-refractivity contribution is 5.95. The smallest absolute Gasteiger partial charge is 0.305 e. The predicted octanol–water partition coefficient (Wildman–Crippen LogP) is 1.45. The zero-order valence-corrected chi connectivity index (χ0v) is 12.5. The summed E-state index contributed by atoms with van der Waals surface area (Å²) in [4.78, 5) is 34.0. The number of carbonyl (C=O) groups excluding carboxylic acids is 2. The van der Waals surface area contributed by atoms with Gasteiger partial charge in [0.2, 0.25) is 5.91 Å². The van der Waals surface area contributed by atoms with Crippen molar-refractivity contribution in [2.45, 2.75) is 44.7 Å². The van der Waals surface area contributed by atoms with E-state index in [1.54, 1.807) is 24.3 Å². The molecule has 0 aliphatic heterocycles. The molecule has 0 unspecified atom stereocenters. The van der Waals surface area contributed by atoms with Crippen LogP contribution in [0.25, 0.3) is 0 Å². The Hall–Kier alpha value is -2.37. The highest BCUT2D eigenvalue weighted by atomic mass is 16.4. The molecule has 6 heteroatoms. The lowest BCUT2D eigenvalue weighted by Crippen LogP contribution is -2.54. The average Bonchev–Trinajstić information content (AvgIpc) is 2.42. The number of aliphatic carboxylic acids is 1. The summed E-state index contributed by atoms with van der Waals surface area (Å²) in [5.74, 6) is -1.26. The molecular formula is C16H20N2O4. The van der Waals surface area contributed by atoms with Crippen LogP contribution >= 0.6 is 0 Å². The van der Waals surface area contributed by atoms with Crippen LogP contribution in [0.2, 0.25) is 0 Å². The van der Waals surface area contributed by atoms with Gasteiger partial charge in [0, 0.05) is 19.0 Å². The van der Waals surface area contributed by atoms with E-state index in [0.717, 1.165) is 12.0 Å². The van der Waals surface area contributed by atoms with Crippen molar-refractivity contribution < 1.29 is 19.5 Å². The first-order valence-electron chi connectivity index (χ1n) is 7.28. The summed E-state index contributed by atoms with van der Waals surface area (Å²) in [6, 6.07) is 6.91. The molecule has 22 heavy (non-hydrogen) atoms. The van der Waals surface area contributed by atoms with E-state index in [4.69, 9.17) is 5.11 Å². The molecular weight excluding hydrogens is 284 g/mol. The maximum Gasteiger partial charge on any atom is 0.305 e. The lowest BCUT2D eigenvalue weighted by atomic mass is 9.74. The number of hydrogen-bond acceptors (Lipinski definition) is 3. The molecule has 1 aromatic rings. The van der Waals surface area contributed by atoms with E-state index < -0.39 is 11.5 Å². The van der Waals surface area contributed by atoms with E-state index in [1.807, 2.05) is 0 Å². The molecule has 1 fully saturated rings. The van der Waals surface area contributed by atoms with Crippen molar-refractivity contribution in [3.05, 3.63) is 35.4 Å². The summed E-state index contributed by atoms with van der Waals surface area (Å²) in [6.45, 7) is 1.86. The van der Waals surface area contributed by atoms with Crippen LogP contribution in [0.1, 0.15) is 48.5 Å². The fourth-order valence-corrected chi connectivity index (χ4v) is 2.55. The van der Waals surface area contributed by atoms with Crippen molar-refractivity contribution >= 4 is 17.8 Å². The molecule has 1 aromatic carbocycles. The summed E-state index contributed by atoms with van der Waals surface area (Å²) >= 11 is 0. The Labute approximate surface area is 128 Å². The molecule has 0 radical (unpaired) electrons. The van der Waals surface area contributed by atoms with Crippen molar-refractivity contribution in [3.63, 3.8) is 0 Å². The zero-order valence-electron chi connectivity index (χ0n) is 12.5. The molecule has 3 N–H and O–H groups in total. The second kappa shape index (κ2) is 6.60. The molecule has 1 saturated carbocycles. The Morgan fingerprint density at radius 1 is 1.18 bits per heavy atom. The first-order valence-corrected chi connectivity index (χ1v) is 7.28. The third-order valence-corrected chi connectivity index (χ3v) is 3.94. The fourth-order valence-electron chi connectivity index (χ4n) is 2.55. The Bertz CT molecular complexity index is 576. The molecule has 2 amide bonds. The number of carbonyl (C=O) groups is 3. The predicted molar refractivity (Wildman–Crippen MR) is 80.3 cm³/mol. The van der Waals surface area contributed by atoms with Gasteiger partial charge in [0.1, 0.15) is 0 Å². The summed E-state index contributed by atoms with van der Waals surface area (Å²) < 4.78 is 0. The van der Waals surface area contributed by atoms with Crippen molar-refractivity contribution in [2.75, 3.05) is 0 Å². The molecule has 0 aromatic heterocycles. The van der Waals surface area contributed by atoms with Gasteiger partial charge in [-0.2, -0.15) is 0 Å². The van der Waals surface area contributed by atoms with Crippen molar-refractivity contribution in [3.8, 4) is 0 Å². The first kappa shape index (κ1) is 16.0. The zero-order chi connectivity index (χ0) is 16.2. The molecule has 2 rings (SSSR count). The number of carboxylic acids is 1. The minimum absolute atomic E-state index is 0.0423. The van der Waals surface area contributed by atoms with Gasteiger partial charge in [-0.25, -0.2) is 0 Å². The Balaban J connectivity index is 1.97. The number of rotatable bonds is 6. The number of carboxylic acid groups (broad SMARTS) is 1. The van der Waals surface area contributed by atoms with Gasteiger partial charge in [0.15, 0.2) is 0 Å². The summed E-state index contributed by atoms with van der Waals surface area (Å²) in [6.07, 6.45) is 2.29. The number of hydrogen-bond donors (Lipinski definition) is 3. The Morgan fingerprint density at radius 2 is 1.82 bits per heavy atom. The van der Waals surface area contributed by atoms with Crippen LogP contribution < -0.4 is 10.6 Å². The van der Waals surface area contributed by atoms with E-state index >= 15 is 0 Å². The first-order chi connectivity index (χ1) is 10.4. The van der Waals surface area contributed by atoms with Gasteiger partial charge in [-0.15, -0.1) is 0 Å². The van der Waals surface area contributed by atoms with Crippen LogP contribution in [0.3, 0.4) is 0 Å². The van der Waals surface area contributed by atoms with Gasteiger partial charge in [0.25, 0.3) is 5.91 Å². The molecule has 1 aliphatic rings. The quantitative estimate of drug-likeness (QED) is 0.741. The van der Waals surface area contributed by atoms with E-state index in [9.17, 15) is 14.4 Å². The number of nitrogens with one attached hydrogen (secondary N) is 2. The fraction of sp³-hybridized carbons (Fsp3) is 0.438. The summed E-state index contributed by atoms with van der Waals surface area (Å²) in [7, 11) is 0. The normalized spacial score (nSPS) is 15.5. The molecule has 6 nitrogen and oxygen atoms in total.